The molecule has 4 aromatic rings. The Bertz CT molecular complexity index is 862. The Morgan fingerprint density at radius 2 is 1.63 bits per heavy atom. The highest BCUT2D eigenvalue weighted by Gasteiger charge is 2.08. The lowest BCUT2D eigenvalue weighted by Crippen LogP contribution is -1.73. The van der Waals surface area contributed by atoms with E-state index in [9.17, 15) is 0 Å². The van der Waals surface area contributed by atoms with Gasteiger partial charge in [-0.05, 0) is 35.0 Å². The van der Waals surface area contributed by atoms with E-state index >= 15 is 0 Å². The van der Waals surface area contributed by atoms with Crippen LogP contribution in [0.3, 0.4) is 0 Å². The van der Waals surface area contributed by atoms with Crippen LogP contribution in [-0.2, 0) is 0 Å². The van der Waals surface area contributed by atoms with Crippen LogP contribution in [0.5, 0.6) is 0 Å². The van der Waals surface area contributed by atoms with E-state index in [2.05, 4.69) is 41.4 Å². The van der Waals surface area contributed by atoms with Gasteiger partial charge in [0.2, 0.25) is 0 Å². The minimum Gasteiger partial charge on any atom is -0.456 e. The molecule has 0 amide bonds. The molecule has 0 N–H and O–H groups in total. The van der Waals surface area contributed by atoms with E-state index in [0.29, 0.717) is 0 Å². The number of benzene rings is 2. The summed E-state index contributed by atoms with van der Waals surface area (Å²) in [5.41, 5.74) is 1.97. The van der Waals surface area contributed by atoms with Gasteiger partial charge in [-0.2, -0.15) is 0 Å². The summed E-state index contributed by atoms with van der Waals surface area (Å²) in [5.74, 6) is 0.883. The highest BCUT2D eigenvalue weighted by atomic mass is 16.3. The molecule has 0 radical (unpaired) electrons. The molecule has 0 atom stereocenters. The molecule has 0 saturated heterocycles. The standard InChI is InChI=1S/C17H11NO/c1-2-4-14-12(3-1)5-6-16-15(14)11-17(19-16)13-7-9-18-10-8-13/h1-11H. The zero-order valence-corrected chi connectivity index (χ0v) is 10.2. The zero-order valence-electron chi connectivity index (χ0n) is 10.2. The second kappa shape index (κ2) is 3.95. The molecule has 90 valence electrons. The van der Waals surface area contributed by atoms with Gasteiger partial charge in [0.05, 0.1) is 0 Å². The first kappa shape index (κ1) is 10.3. The van der Waals surface area contributed by atoms with Crippen molar-refractivity contribution in [1.29, 1.82) is 0 Å². The van der Waals surface area contributed by atoms with Crippen molar-refractivity contribution in [2.45, 2.75) is 0 Å². The number of nitrogens with zero attached hydrogens (tertiary/aromatic N) is 1. The van der Waals surface area contributed by atoms with Crippen molar-refractivity contribution in [1.82, 2.24) is 4.98 Å². The fourth-order valence-corrected chi connectivity index (χ4v) is 2.45. The lowest BCUT2D eigenvalue weighted by molar-refractivity contribution is 0.631. The third-order valence-electron chi connectivity index (χ3n) is 3.39. The minimum atomic E-state index is 0.883. The molecule has 0 aliphatic heterocycles. The van der Waals surface area contributed by atoms with E-state index in [4.69, 9.17) is 4.42 Å². The van der Waals surface area contributed by atoms with Crippen LogP contribution in [0, 0.1) is 0 Å². The number of aromatic nitrogens is 1. The first-order valence-corrected chi connectivity index (χ1v) is 6.23. The van der Waals surface area contributed by atoms with E-state index in [1.165, 1.54) is 10.8 Å². The number of fused-ring (bicyclic) bond motifs is 3. The Morgan fingerprint density at radius 3 is 2.53 bits per heavy atom. The molecule has 0 fully saturated rings. The van der Waals surface area contributed by atoms with E-state index in [0.717, 1.165) is 22.3 Å². The number of hydrogen-bond acceptors (Lipinski definition) is 2. The summed E-state index contributed by atoms with van der Waals surface area (Å²) >= 11 is 0. The predicted octanol–water partition coefficient (Wildman–Crippen LogP) is 4.65. The maximum atomic E-state index is 5.93. The molecular weight excluding hydrogens is 234 g/mol. The van der Waals surface area contributed by atoms with Gasteiger partial charge in [0.25, 0.3) is 0 Å². The quantitative estimate of drug-likeness (QED) is 0.488. The average molecular weight is 245 g/mol. The number of pyridine rings is 1. The number of hydrogen-bond donors (Lipinski definition) is 0. The molecule has 0 aliphatic carbocycles. The molecular formula is C17H11NO. The summed E-state index contributed by atoms with van der Waals surface area (Å²) in [4.78, 5) is 4.03. The van der Waals surface area contributed by atoms with E-state index in [-0.39, 0.29) is 0 Å². The van der Waals surface area contributed by atoms with Gasteiger partial charge in [0, 0.05) is 23.3 Å². The van der Waals surface area contributed by atoms with Gasteiger partial charge in [-0.1, -0.05) is 30.3 Å². The van der Waals surface area contributed by atoms with Gasteiger partial charge in [-0.15, -0.1) is 0 Å². The summed E-state index contributed by atoms with van der Waals surface area (Å²) in [6.45, 7) is 0. The second-order valence-corrected chi connectivity index (χ2v) is 4.55. The molecule has 2 aromatic carbocycles. The van der Waals surface area contributed by atoms with Gasteiger partial charge in [-0.25, -0.2) is 0 Å². The van der Waals surface area contributed by atoms with Crippen LogP contribution in [0.4, 0.5) is 0 Å². The molecule has 2 heteroatoms. The predicted molar refractivity (Wildman–Crippen MR) is 77.0 cm³/mol. The second-order valence-electron chi connectivity index (χ2n) is 4.55. The molecule has 0 aliphatic rings. The first-order valence-electron chi connectivity index (χ1n) is 6.23. The van der Waals surface area contributed by atoms with Crippen LogP contribution in [0.2, 0.25) is 0 Å². The van der Waals surface area contributed by atoms with Gasteiger partial charge in [0.15, 0.2) is 0 Å². The Hall–Kier alpha value is -2.61. The maximum Gasteiger partial charge on any atom is 0.135 e. The third kappa shape index (κ3) is 1.61. The van der Waals surface area contributed by atoms with Gasteiger partial charge >= 0.3 is 0 Å². The van der Waals surface area contributed by atoms with Crippen molar-refractivity contribution in [2.24, 2.45) is 0 Å². The van der Waals surface area contributed by atoms with Gasteiger partial charge in [0.1, 0.15) is 11.3 Å². The summed E-state index contributed by atoms with van der Waals surface area (Å²) in [7, 11) is 0. The van der Waals surface area contributed by atoms with Crippen LogP contribution in [-0.4, -0.2) is 4.98 Å². The molecule has 0 spiro atoms. The molecule has 2 aromatic heterocycles. The Morgan fingerprint density at radius 1 is 0.789 bits per heavy atom. The van der Waals surface area contributed by atoms with Gasteiger partial charge < -0.3 is 4.42 Å². The van der Waals surface area contributed by atoms with Crippen molar-refractivity contribution in [3.05, 3.63) is 67.0 Å². The van der Waals surface area contributed by atoms with Crippen LogP contribution < -0.4 is 0 Å². The fraction of sp³-hybridized carbons (Fsp3) is 0. The number of rotatable bonds is 1. The lowest BCUT2D eigenvalue weighted by atomic mass is 10.1. The fourth-order valence-electron chi connectivity index (χ4n) is 2.45. The third-order valence-corrected chi connectivity index (χ3v) is 3.39. The summed E-state index contributed by atoms with van der Waals surface area (Å²) in [6.07, 6.45) is 3.56. The Balaban J connectivity index is 2.04. The van der Waals surface area contributed by atoms with Crippen LogP contribution >= 0.6 is 0 Å². The maximum absolute atomic E-state index is 5.93. The van der Waals surface area contributed by atoms with Crippen molar-refractivity contribution >= 4 is 21.7 Å². The SMILES string of the molecule is c1ccc2c(c1)ccc1oc(-c3ccncc3)cc12. The molecule has 19 heavy (non-hydrogen) atoms. The van der Waals surface area contributed by atoms with E-state index in [1.54, 1.807) is 12.4 Å². The molecule has 0 bridgehead atoms. The topological polar surface area (TPSA) is 26.0 Å². The van der Waals surface area contributed by atoms with E-state index < -0.39 is 0 Å². The van der Waals surface area contributed by atoms with Crippen molar-refractivity contribution in [3.63, 3.8) is 0 Å². The normalized spacial score (nSPS) is 11.2. The van der Waals surface area contributed by atoms with E-state index in [1.807, 2.05) is 18.2 Å². The monoisotopic (exact) mass is 245 g/mol. The summed E-state index contributed by atoms with van der Waals surface area (Å²) in [5, 5.41) is 3.62. The van der Waals surface area contributed by atoms with Crippen molar-refractivity contribution < 1.29 is 4.42 Å². The molecule has 2 heterocycles. The largest absolute Gasteiger partial charge is 0.456 e. The lowest BCUT2D eigenvalue weighted by Gasteiger charge is -1.96. The van der Waals surface area contributed by atoms with Crippen LogP contribution in [0.1, 0.15) is 0 Å². The molecule has 4 rings (SSSR count). The molecule has 0 unspecified atom stereocenters. The van der Waals surface area contributed by atoms with Crippen molar-refractivity contribution in [2.75, 3.05) is 0 Å². The average Bonchev–Trinajstić information content (AvgIpc) is 2.93. The molecule has 0 saturated carbocycles. The highest BCUT2D eigenvalue weighted by Crippen LogP contribution is 2.32. The molecule has 2 nitrogen and oxygen atoms in total. The Labute approximate surface area is 110 Å². The first-order chi connectivity index (χ1) is 9.42. The number of furan rings is 1. The van der Waals surface area contributed by atoms with Crippen molar-refractivity contribution in [3.8, 4) is 11.3 Å². The summed E-state index contributed by atoms with van der Waals surface area (Å²) in [6, 6.07) is 18.5. The highest BCUT2D eigenvalue weighted by molar-refractivity contribution is 6.06. The van der Waals surface area contributed by atoms with Crippen LogP contribution in [0.15, 0.2) is 71.4 Å². The Kier molecular flexibility index (Phi) is 2.15. The minimum absolute atomic E-state index is 0.883. The zero-order chi connectivity index (χ0) is 12.7. The summed E-state index contributed by atoms with van der Waals surface area (Å²) < 4.78 is 5.93. The van der Waals surface area contributed by atoms with Gasteiger partial charge in [-0.3, -0.25) is 4.98 Å². The smallest absolute Gasteiger partial charge is 0.135 e. The van der Waals surface area contributed by atoms with Crippen LogP contribution in [0.25, 0.3) is 33.1 Å².